The number of hydrogen-bond donors (Lipinski definition) is 1. The zero-order chi connectivity index (χ0) is 33.5. The minimum absolute atomic E-state index is 0.0208. The van der Waals surface area contributed by atoms with E-state index in [0.29, 0.717) is 52.0 Å². The molecule has 0 saturated heterocycles. The number of aldehydes is 2. The van der Waals surface area contributed by atoms with Crippen LogP contribution in [0.3, 0.4) is 0 Å². The fraction of sp³-hybridized carbons (Fsp3) is 0.147. The number of halogens is 1. The summed E-state index contributed by atoms with van der Waals surface area (Å²) in [6, 6.07) is 20.4. The summed E-state index contributed by atoms with van der Waals surface area (Å²) in [5.41, 5.74) is 10.2. The summed E-state index contributed by atoms with van der Waals surface area (Å²) < 4.78 is 11.6. The van der Waals surface area contributed by atoms with Crippen LogP contribution in [-0.2, 0) is 9.47 Å². The van der Waals surface area contributed by atoms with Gasteiger partial charge in [0.2, 0.25) is 0 Å². The molecule has 11 nitrogen and oxygen atoms in total. The Bertz CT molecular complexity index is 1800. The molecule has 5 rings (SSSR count). The molecule has 5 aromatic rings. The van der Waals surface area contributed by atoms with Gasteiger partial charge in [0.15, 0.2) is 11.4 Å². The molecule has 0 spiro atoms. The Morgan fingerprint density at radius 1 is 0.826 bits per heavy atom. The molecular formula is C34H31BrN4O7. The van der Waals surface area contributed by atoms with Crippen molar-refractivity contribution < 1.29 is 33.4 Å². The van der Waals surface area contributed by atoms with E-state index in [1.165, 1.54) is 6.20 Å². The summed E-state index contributed by atoms with van der Waals surface area (Å²) in [7, 11) is 0. The second-order valence-corrected chi connectivity index (χ2v) is 9.75. The van der Waals surface area contributed by atoms with Crippen LogP contribution in [0.4, 0.5) is 5.82 Å². The lowest BCUT2D eigenvalue weighted by Gasteiger charge is -2.02. The molecular weight excluding hydrogens is 656 g/mol. The molecule has 0 fully saturated rings. The lowest BCUT2D eigenvalue weighted by molar-refractivity contribution is 0.0518. The van der Waals surface area contributed by atoms with E-state index in [2.05, 4.69) is 25.9 Å². The van der Waals surface area contributed by atoms with E-state index in [9.17, 15) is 24.0 Å². The first kappa shape index (κ1) is 35.0. The molecule has 3 heterocycles. The number of benzene rings is 2. The number of ketones is 1. The van der Waals surface area contributed by atoms with Crippen LogP contribution < -0.4 is 5.73 Å². The van der Waals surface area contributed by atoms with Crippen LogP contribution in [0.25, 0.3) is 16.9 Å². The van der Waals surface area contributed by atoms with E-state index in [0.717, 1.165) is 23.8 Å². The van der Waals surface area contributed by atoms with Crippen LogP contribution >= 0.6 is 15.9 Å². The molecule has 0 bridgehead atoms. The highest BCUT2D eigenvalue weighted by Crippen LogP contribution is 2.21. The van der Waals surface area contributed by atoms with Crippen molar-refractivity contribution >= 4 is 57.7 Å². The summed E-state index contributed by atoms with van der Waals surface area (Å²) in [4.78, 5) is 63.4. The predicted octanol–water partition coefficient (Wildman–Crippen LogP) is 5.91. The second kappa shape index (κ2) is 17.7. The maximum Gasteiger partial charge on any atom is 0.341 e. The summed E-state index contributed by atoms with van der Waals surface area (Å²) in [5.74, 6) is -0.590. The Balaban J connectivity index is 0.000000205. The number of ether oxygens (including phenoxy) is 2. The first-order valence-electron chi connectivity index (χ1n) is 14.0. The van der Waals surface area contributed by atoms with E-state index in [-0.39, 0.29) is 17.6 Å². The van der Waals surface area contributed by atoms with Gasteiger partial charge in [-0.25, -0.2) is 19.6 Å². The van der Waals surface area contributed by atoms with Crippen molar-refractivity contribution in [1.82, 2.24) is 14.4 Å². The van der Waals surface area contributed by atoms with Crippen molar-refractivity contribution in [3.05, 3.63) is 119 Å². The van der Waals surface area contributed by atoms with E-state index in [1.807, 2.05) is 24.5 Å². The maximum atomic E-state index is 12.0. The highest BCUT2D eigenvalue weighted by molar-refractivity contribution is 9.09. The minimum atomic E-state index is -0.428. The molecule has 0 aliphatic heterocycles. The van der Waals surface area contributed by atoms with Gasteiger partial charge in [-0.3, -0.25) is 14.4 Å². The first-order valence-corrected chi connectivity index (χ1v) is 15.1. The molecule has 2 aromatic carbocycles. The summed E-state index contributed by atoms with van der Waals surface area (Å²) in [5, 5.41) is 0.313. The van der Waals surface area contributed by atoms with Crippen molar-refractivity contribution in [2.45, 2.75) is 13.8 Å². The van der Waals surface area contributed by atoms with Crippen LogP contribution in [-0.4, -0.2) is 63.2 Å². The monoisotopic (exact) mass is 686 g/mol. The quantitative estimate of drug-likeness (QED) is 0.0855. The molecule has 46 heavy (non-hydrogen) atoms. The molecule has 3 aromatic heterocycles. The second-order valence-electron chi connectivity index (χ2n) is 9.19. The third kappa shape index (κ3) is 9.50. The van der Waals surface area contributed by atoms with Crippen LogP contribution in [0.1, 0.15) is 65.6 Å². The van der Waals surface area contributed by atoms with Crippen molar-refractivity contribution in [2.24, 2.45) is 0 Å². The topological polar surface area (TPSA) is 160 Å². The number of fused-ring (bicyclic) bond motifs is 1. The van der Waals surface area contributed by atoms with E-state index in [4.69, 9.17) is 15.2 Å². The average Bonchev–Trinajstić information content (AvgIpc) is 3.54. The largest absolute Gasteiger partial charge is 0.462 e. The van der Waals surface area contributed by atoms with Gasteiger partial charge in [0.1, 0.15) is 29.5 Å². The van der Waals surface area contributed by atoms with E-state index >= 15 is 0 Å². The Labute approximate surface area is 273 Å². The number of nitrogen functional groups attached to an aromatic ring is 1. The number of pyridine rings is 2. The smallest absolute Gasteiger partial charge is 0.341 e. The van der Waals surface area contributed by atoms with Crippen molar-refractivity contribution in [1.29, 1.82) is 0 Å². The van der Waals surface area contributed by atoms with Crippen molar-refractivity contribution in [3.8, 4) is 11.3 Å². The standard InChI is InChI=1S/C17H14N2O3.C9H7BrO2.C8H10N2O2/c1-2-22-17(21)14-4-3-9-19-10-15(18-16(14)19)13-7-5-12(11-20)6-8-13;10-5-9(12)8-3-1-7(6-11)2-4-8;1-2-12-8(11)6-4-3-5-10-7(6)9/h3-11H,2H2,1H3;1-4,6H,5H2;3-5H,2H2,1H3,(H2,9,10). The molecule has 12 heteroatoms. The van der Waals surface area contributed by atoms with Crippen molar-refractivity contribution in [2.75, 3.05) is 24.3 Å². The zero-order valence-electron chi connectivity index (χ0n) is 25.1. The molecule has 0 unspecified atom stereocenters. The van der Waals surface area contributed by atoms with Gasteiger partial charge in [0, 0.05) is 40.8 Å². The number of imidazole rings is 1. The third-order valence-corrected chi connectivity index (χ3v) is 6.65. The van der Waals surface area contributed by atoms with Gasteiger partial charge in [-0.1, -0.05) is 64.5 Å². The fourth-order valence-electron chi connectivity index (χ4n) is 3.88. The zero-order valence-corrected chi connectivity index (χ0v) is 26.7. The number of nitrogens with zero attached hydrogens (tertiary/aromatic N) is 3. The van der Waals surface area contributed by atoms with Crippen LogP contribution in [0.2, 0.25) is 0 Å². The van der Waals surface area contributed by atoms with Gasteiger partial charge in [-0.05, 0) is 38.1 Å². The van der Waals surface area contributed by atoms with Crippen LogP contribution in [0.5, 0.6) is 0 Å². The highest BCUT2D eigenvalue weighted by Gasteiger charge is 2.15. The number of hydrogen-bond acceptors (Lipinski definition) is 10. The highest BCUT2D eigenvalue weighted by atomic mass is 79.9. The Morgan fingerprint density at radius 3 is 1.93 bits per heavy atom. The predicted molar refractivity (Wildman–Crippen MR) is 177 cm³/mol. The molecule has 0 amide bonds. The number of esters is 2. The average molecular weight is 688 g/mol. The van der Waals surface area contributed by atoms with Gasteiger partial charge in [-0.2, -0.15) is 0 Å². The van der Waals surface area contributed by atoms with Gasteiger partial charge in [0.05, 0.1) is 24.2 Å². The van der Waals surface area contributed by atoms with E-state index in [1.54, 1.807) is 78.9 Å². The Hall–Kier alpha value is -5.49. The maximum absolute atomic E-state index is 12.0. The summed E-state index contributed by atoms with van der Waals surface area (Å²) in [6.45, 7) is 4.17. The number of Topliss-reactive ketones (excluding diaryl/α,β-unsaturated/α-hetero) is 1. The SMILES string of the molecule is CCOC(=O)c1cccn2cc(-c3ccc(C=O)cc3)nc12.CCOC(=O)c1cccnc1N.O=Cc1ccc(C(=O)CBr)cc1. The third-order valence-electron chi connectivity index (χ3n) is 6.14. The normalized spacial score (nSPS) is 9.98. The molecule has 0 atom stereocenters. The molecule has 236 valence electrons. The molecule has 2 N–H and O–H groups in total. The lowest BCUT2D eigenvalue weighted by Crippen LogP contribution is -2.08. The number of aromatic nitrogens is 3. The number of carbonyl (C=O) groups excluding carboxylic acids is 5. The summed E-state index contributed by atoms with van der Waals surface area (Å²) >= 11 is 3.07. The minimum Gasteiger partial charge on any atom is -0.462 e. The Morgan fingerprint density at radius 2 is 1.39 bits per heavy atom. The molecule has 0 radical (unpaired) electrons. The number of rotatable bonds is 9. The molecule has 0 aliphatic rings. The first-order chi connectivity index (χ1) is 22.3. The van der Waals surface area contributed by atoms with Gasteiger partial charge in [-0.15, -0.1) is 0 Å². The van der Waals surface area contributed by atoms with Gasteiger partial charge in [0.25, 0.3) is 0 Å². The number of nitrogens with two attached hydrogens (primary N) is 1. The number of anilines is 1. The van der Waals surface area contributed by atoms with Crippen molar-refractivity contribution in [3.63, 3.8) is 0 Å². The van der Waals surface area contributed by atoms with Gasteiger partial charge < -0.3 is 19.6 Å². The number of carbonyl (C=O) groups is 5. The van der Waals surface area contributed by atoms with Gasteiger partial charge >= 0.3 is 11.9 Å². The van der Waals surface area contributed by atoms with Crippen LogP contribution in [0.15, 0.2) is 91.4 Å². The number of alkyl halides is 1. The Kier molecular flexibility index (Phi) is 13.5. The lowest BCUT2D eigenvalue weighted by atomic mass is 10.1. The van der Waals surface area contributed by atoms with Crippen LogP contribution in [0, 0.1) is 0 Å². The fourth-order valence-corrected chi connectivity index (χ4v) is 4.20. The summed E-state index contributed by atoms with van der Waals surface area (Å²) in [6.07, 6.45) is 6.75. The van der Waals surface area contributed by atoms with E-state index < -0.39 is 5.97 Å². The molecule has 0 saturated carbocycles. The molecule has 0 aliphatic carbocycles.